The lowest BCUT2D eigenvalue weighted by molar-refractivity contribution is 0.0868. The number of carbonyl (C=O) groups is 1. The van der Waals surface area contributed by atoms with Crippen LogP contribution in [-0.4, -0.2) is 27.8 Å². The molecule has 25 heavy (non-hydrogen) atoms. The molecule has 0 saturated carbocycles. The first kappa shape index (κ1) is 15.8. The van der Waals surface area contributed by atoms with Crippen LogP contribution in [0, 0.1) is 5.82 Å². The summed E-state index contributed by atoms with van der Waals surface area (Å²) >= 11 is 1.42. The summed E-state index contributed by atoms with van der Waals surface area (Å²) < 4.78 is 19.9. The van der Waals surface area contributed by atoms with Crippen molar-refractivity contribution in [1.29, 1.82) is 0 Å². The Morgan fingerprint density at radius 3 is 2.76 bits per heavy atom. The summed E-state index contributed by atoms with van der Waals surface area (Å²) in [5, 5.41) is 4.68. The summed E-state index contributed by atoms with van der Waals surface area (Å²) in [5.41, 5.74) is 1.58. The van der Waals surface area contributed by atoms with Crippen LogP contribution in [-0.2, 0) is 0 Å². The number of hydrogen-bond donors (Lipinski definition) is 0. The lowest BCUT2D eigenvalue weighted by atomic mass is 10.1. The second-order valence-corrected chi connectivity index (χ2v) is 6.79. The molecule has 0 fully saturated rings. The highest BCUT2D eigenvalue weighted by Crippen LogP contribution is 2.41. The molecule has 0 unspecified atom stereocenters. The molecule has 2 aromatic carbocycles. The molecule has 126 valence electrons. The summed E-state index contributed by atoms with van der Waals surface area (Å²) in [7, 11) is 1.60. The largest absolute Gasteiger partial charge is 0.497 e. The smallest absolute Gasteiger partial charge is 0.250 e. The van der Waals surface area contributed by atoms with Crippen LogP contribution in [0.25, 0.3) is 11.4 Å². The van der Waals surface area contributed by atoms with Gasteiger partial charge in [-0.15, -0.1) is 5.10 Å². The van der Waals surface area contributed by atoms with Crippen LogP contribution in [0.1, 0.15) is 22.0 Å². The minimum Gasteiger partial charge on any atom is -0.497 e. The molecule has 0 N–H and O–H groups in total. The summed E-state index contributed by atoms with van der Waals surface area (Å²) in [6, 6.07) is 13.7. The number of rotatable bonds is 3. The van der Waals surface area contributed by atoms with E-state index < -0.39 is 0 Å². The normalized spacial score (nSPS) is 16.6. The Morgan fingerprint density at radius 1 is 1.24 bits per heavy atom. The standard InChI is InChI=1S/C18H14FN3O2S/c1-24-14-7-5-11(6-8-14)17-20-18-22(21-17)16(23)10-15(25-18)12-3-2-4-13(19)9-12/h2-9,15H,10H2,1H3/t15-/m1/s1. The molecule has 0 saturated heterocycles. The molecule has 0 bridgehead atoms. The molecule has 1 aromatic heterocycles. The fourth-order valence-electron chi connectivity index (χ4n) is 2.71. The van der Waals surface area contributed by atoms with Gasteiger partial charge in [-0.05, 0) is 42.0 Å². The van der Waals surface area contributed by atoms with Gasteiger partial charge < -0.3 is 4.74 Å². The van der Waals surface area contributed by atoms with Gasteiger partial charge in [0.15, 0.2) is 11.0 Å². The highest BCUT2D eigenvalue weighted by molar-refractivity contribution is 7.99. The maximum absolute atomic E-state index is 13.5. The van der Waals surface area contributed by atoms with Crippen molar-refractivity contribution in [3.05, 3.63) is 59.9 Å². The predicted molar refractivity (Wildman–Crippen MR) is 92.3 cm³/mol. The van der Waals surface area contributed by atoms with E-state index in [0.717, 1.165) is 16.9 Å². The molecule has 3 aromatic rings. The van der Waals surface area contributed by atoms with Crippen molar-refractivity contribution in [1.82, 2.24) is 14.8 Å². The summed E-state index contributed by atoms with van der Waals surface area (Å²) in [6.45, 7) is 0. The monoisotopic (exact) mass is 355 g/mol. The molecule has 0 aliphatic carbocycles. The van der Waals surface area contributed by atoms with Crippen molar-refractivity contribution in [2.45, 2.75) is 16.8 Å². The maximum atomic E-state index is 13.5. The number of ether oxygens (including phenoxy) is 1. The van der Waals surface area contributed by atoms with E-state index in [-0.39, 0.29) is 23.4 Å². The van der Waals surface area contributed by atoms with Gasteiger partial charge in [-0.2, -0.15) is 4.68 Å². The number of fused-ring (bicyclic) bond motifs is 1. The van der Waals surface area contributed by atoms with E-state index in [1.807, 2.05) is 30.3 Å². The van der Waals surface area contributed by atoms with Gasteiger partial charge in [-0.25, -0.2) is 9.37 Å². The average Bonchev–Trinajstić information content (AvgIpc) is 3.06. The van der Waals surface area contributed by atoms with Gasteiger partial charge in [0, 0.05) is 17.2 Å². The third kappa shape index (κ3) is 3.02. The van der Waals surface area contributed by atoms with Crippen molar-refractivity contribution >= 4 is 17.7 Å². The topological polar surface area (TPSA) is 57.0 Å². The maximum Gasteiger partial charge on any atom is 0.250 e. The van der Waals surface area contributed by atoms with E-state index in [2.05, 4.69) is 10.1 Å². The van der Waals surface area contributed by atoms with Crippen LogP contribution in [0.4, 0.5) is 4.39 Å². The number of thioether (sulfide) groups is 1. The molecule has 4 rings (SSSR count). The Kier molecular flexibility index (Phi) is 4.01. The first-order chi connectivity index (χ1) is 12.1. The number of hydrogen-bond acceptors (Lipinski definition) is 5. The first-order valence-electron chi connectivity index (χ1n) is 7.71. The average molecular weight is 355 g/mol. The predicted octanol–water partition coefficient (Wildman–Crippen LogP) is 3.97. The van der Waals surface area contributed by atoms with Gasteiger partial charge in [0.1, 0.15) is 11.6 Å². The number of halogens is 1. The van der Waals surface area contributed by atoms with E-state index in [0.29, 0.717) is 11.0 Å². The SMILES string of the molecule is COc1ccc(-c2nc3n(n2)C(=O)C[C@H](c2cccc(F)c2)S3)cc1. The third-order valence-electron chi connectivity index (χ3n) is 3.99. The zero-order valence-electron chi connectivity index (χ0n) is 13.3. The fraction of sp³-hybridized carbons (Fsp3) is 0.167. The second-order valence-electron chi connectivity index (χ2n) is 5.62. The van der Waals surface area contributed by atoms with E-state index in [9.17, 15) is 9.18 Å². The number of benzene rings is 2. The molecule has 0 amide bonds. The Labute approximate surface area is 147 Å². The molecule has 1 atom stereocenters. The van der Waals surface area contributed by atoms with Crippen LogP contribution in [0.3, 0.4) is 0 Å². The van der Waals surface area contributed by atoms with E-state index in [4.69, 9.17) is 4.74 Å². The van der Waals surface area contributed by atoms with Gasteiger partial charge in [0.05, 0.1) is 7.11 Å². The van der Waals surface area contributed by atoms with Crippen molar-refractivity contribution in [3.8, 4) is 17.1 Å². The van der Waals surface area contributed by atoms with E-state index in [1.165, 1.54) is 28.6 Å². The van der Waals surface area contributed by atoms with Gasteiger partial charge in [-0.3, -0.25) is 4.79 Å². The molecule has 2 heterocycles. The van der Waals surface area contributed by atoms with Crippen LogP contribution in [0.5, 0.6) is 5.75 Å². The molecule has 1 aliphatic rings. The van der Waals surface area contributed by atoms with Gasteiger partial charge in [0.25, 0.3) is 5.91 Å². The summed E-state index contributed by atoms with van der Waals surface area (Å²) in [5.74, 6) is 0.773. The van der Waals surface area contributed by atoms with Crippen molar-refractivity contribution in [2.24, 2.45) is 0 Å². The zero-order chi connectivity index (χ0) is 17.4. The number of methoxy groups -OCH3 is 1. The number of carbonyl (C=O) groups excluding carboxylic acids is 1. The molecule has 1 aliphatic heterocycles. The molecule has 7 heteroatoms. The summed E-state index contributed by atoms with van der Waals surface area (Å²) in [4.78, 5) is 16.9. The molecular weight excluding hydrogens is 341 g/mol. The molecule has 0 radical (unpaired) electrons. The third-order valence-corrected chi connectivity index (χ3v) is 5.19. The lowest BCUT2D eigenvalue weighted by Crippen LogP contribution is -2.21. The quantitative estimate of drug-likeness (QED) is 0.711. The van der Waals surface area contributed by atoms with Crippen LogP contribution in [0.2, 0.25) is 0 Å². The molecule has 5 nitrogen and oxygen atoms in total. The lowest BCUT2D eigenvalue weighted by Gasteiger charge is -2.20. The highest BCUT2D eigenvalue weighted by atomic mass is 32.2. The van der Waals surface area contributed by atoms with Crippen LogP contribution >= 0.6 is 11.8 Å². The summed E-state index contributed by atoms with van der Waals surface area (Å²) in [6.07, 6.45) is 0.256. The van der Waals surface area contributed by atoms with Crippen molar-refractivity contribution < 1.29 is 13.9 Å². The number of aromatic nitrogens is 3. The molecule has 0 spiro atoms. The van der Waals surface area contributed by atoms with Gasteiger partial charge in [0.2, 0.25) is 0 Å². The Morgan fingerprint density at radius 2 is 2.04 bits per heavy atom. The van der Waals surface area contributed by atoms with Crippen molar-refractivity contribution in [3.63, 3.8) is 0 Å². The fourth-order valence-corrected chi connectivity index (χ4v) is 3.85. The number of nitrogens with zero attached hydrogens (tertiary/aromatic N) is 3. The Hall–Kier alpha value is -2.67. The van der Waals surface area contributed by atoms with Crippen molar-refractivity contribution in [2.75, 3.05) is 7.11 Å². The van der Waals surface area contributed by atoms with Crippen LogP contribution < -0.4 is 4.74 Å². The minimum absolute atomic E-state index is 0.143. The van der Waals surface area contributed by atoms with Gasteiger partial charge in [-0.1, -0.05) is 23.9 Å². The van der Waals surface area contributed by atoms with Crippen LogP contribution in [0.15, 0.2) is 53.7 Å². The minimum atomic E-state index is -0.309. The zero-order valence-corrected chi connectivity index (χ0v) is 14.2. The second kappa shape index (κ2) is 6.33. The highest BCUT2D eigenvalue weighted by Gasteiger charge is 2.30. The molecular formula is C18H14FN3O2S. The van der Waals surface area contributed by atoms with E-state index in [1.54, 1.807) is 13.2 Å². The van der Waals surface area contributed by atoms with Gasteiger partial charge >= 0.3 is 0 Å². The Balaban J connectivity index is 1.65. The Bertz CT molecular complexity index is 940. The first-order valence-corrected chi connectivity index (χ1v) is 8.59. The van der Waals surface area contributed by atoms with E-state index >= 15 is 0 Å².